The largest absolute Gasteiger partial charge is 0.204 e. The number of rotatable bonds is 2. The predicted octanol–water partition coefficient (Wildman–Crippen LogP) is 3.48. The zero-order valence-corrected chi connectivity index (χ0v) is 7.27. The van der Waals surface area contributed by atoms with Crippen LogP contribution in [0.15, 0.2) is 18.2 Å². The van der Waals surface area contributed by atoms with Gasteiger partial charge in [-0.25, -0.2) is 8.78 Å². The van der Waals surface area contributed by atoms with Crippen molar-refractivity contribution in [3.8, 4) is 0 Å². The van der Waals surface area contributed by atoms with Crippen molar-refractivity contribution in [2.75, 3.05) is 0 Å². The first-order valence-corrected chi connectivity index (χ1v) is 4.10. The van der Waals surface area contributed by atoms with Crippen molar-refractivity contribution in [3.63, 3.8) is 0 Å². The fourth-order valence-electron chi connectivity index (χ4n) is 1.05. The first-order valence-electron chi connectivity index (χ1n) is 4.10. The molecular weight excluding hydrogens is 158 g/mol. The van der Waals surface area contributed by atoms with E-state index >= 15 is 0 Å². The Labute approximate surface area is 71.2 Å². The highest BCUT2D eigenvalue weighted by molar-refractivity contribution is 5.20. The lowest BCUT2D eigenvalue weighted by atomic mass is 9.99. The molecule has 1 atom stereocenters. The average Bonchev–Trinajstić information content (AvgIpc) is 2.08. The van der Waals surface area contributed by atoms with Crippen LogP contribution in [0.4, 0.5) is 8.78 Å². The molecule has 66 valence electrons. The Kier molecular flexibility index (Phi) is 2.79. The highest BCUT2D eigenvalue weighted by atomic mass is 19.2. The van der Waals surface area contributed by atoms with Crippen LogP contribution in [0.1, 0.15) is 31.7 Å². The summed E-state index contributed by atoms with van der Waals surface area (Å²) in [6, 6.07) is 4.08. The van der Waals surface area contributed by atoms with Crippen molar-refractivity contribution < 1.29 is 8.78 Å². The number of hydrogen-bond acceptors (Lipinski definition) is 0. The topological polar surface area (TPSA) is 0 Å². The summed E-state index contributed by atoms with van der Waals surface area (Å²) in [6.07, 6.45) is 0.936. The number of halogens is 2. The molecule has 0 radical (unpaired) electrons. The summed E-state index contributed by atoms with van der Waals surface area (Å²) >= 11 is 0. The summed E-state index contributed by atoms with van der Waals surface area (Å²) in [5.74, 6) is -1.24. The van der Waals surface area contributed by atoms with Crippen LogP contribution in [0, 0.1) is 11.6 Å². The van der Waals surface area contributed by atoms with Crippen molar-refractivity contribution in [2.24, 2.45) is 0 Å². The number of hydrogen-bond donors (Lipinski definition) is 0. The molecule has 0 saturated carbocycles. The molecule has 12 heavy (non-hydrogen) atoms. The molecule has 0 saturated heterocycles. The lowest BCUT2D eigenvalue weighted by Gasteiger charge is -2.08. The quantitative estimate of drug-likeness (QED) is 0.637. The Morgan fingerprint density at radius 1 is 1.25 bits per heavy atom. The summed E-state index contributed by atoms with van der Waals surface area (Å²) in [5.41, 5.74) is 0.858. The molecule has 0 aliphatic heterocycles. The van der Waals surface area contributed by atoms with E-state index in [0.29, 0.717) is 5.92 Å². The van der Waals surface area contributed by atoms with Gasteiger partial charge in [-0.3, -0.25) is 0 Å². The van der Waals surface area contributed by atoms with E-state index in [9.17, 15) is 8.78 Å². The Morgan fingerprint density at radius 3 is 2.42 bits per heavy atom. The van der Waals surface area contributed by atoms with E-state index in [1.807, 2.05) is 13.8 Å². The van der Waals surface area contributed by atoms with E-state index in [1.54, 1.807) is 6.07 Å². The third-order valence-electron chi connectivity index (χ3n) is 2.13. The highest BCUT2D eigenvalue weighted by Crippen LogP contribution is 2.20. The van der Waals surface area contributed by atoms with Gasteiger partial charge in [-0.2, -0.15) is 0 Å². The van der Waals surface area contributed by atoms with Crippen LogP contribution in [0.5, 0.6) is 0 Å². The maximum atomic E-state index is 12.7. The van der Waals surface area contributed by atoms with Gasteiger partial charge in [0.05, 0.1) is 0 Å². The Bertz CT molecular complexity index is 269. The summed E-state index contributed by atoms with van der Waals surface area (Å²) in [7, 11) is 0. The fourth-order valence-corrected chi connectivity index (χ4v) is 1.05. The monoisotopic (exact) mass is 170 g/mol. The number of benzene rings is 1. The third kappa shape index (κ3) is 1.81. The Balaban J connectivity index is 2.96. The Morgan fingerprint density at radius 2 is 1.92 bits per heavy atom. The van der Waals surface area contributed by atoms with Gasteiger partial charge in [0.25, 0.3) is 0 Å². The molecule has 0 aliphatic rings. The smallest absolute Gasteiger partial charge is 0.159 e. The van der Waals surface area contributed by atoms with Crippen LogP contribution in [0.2, 0.25) is 0 Å². The Hall–Kier alpha value is -0.920. The van der Waals surface area contributed by atoms with E-state index in [2.05, 4.69) is 0 Å². The molecule has 2 heteroatoms. The van der Waals surface area contributed by atoms with Crippen LogP contribution < -0.4 is 0 Å². The van der Waals surface area contributed by atoms with Gasteiger partial charge in [0.1, 0.15) is 0 Å². The van der Waals surface area contributed by atoms with Gasteiger partial charge >= 0.3 is 0 Å². The van der Waals surface area contributed by atoms with Gasteiger partial charge in [-0.15, -0.1) is 0 Å². The van der Waals surface area contributed by atoms with Gasteiger partial charge in [-0.05, 0) is 30.0 Å². The van der Waals surface area contributed by atoms with Crippen LogP contribution >= 0.6 is 0 Å². The van der Waals surface area contributed by atoms with E-state index in [-0.39, 0.29) is 0 Å². The standard InChI is InChI=1S/C10H12F2/c1-3-7(2)8-4-5-9(11)10(12)6-8/h4-7H,3H2,1-2H3. The predicted molar refractivity (Wildman–Crippen MR) is 45.1 cm³/mol. The van der Waals surface area contributed by atoms with Gasteiger partial charge in [0.15, 0.2) is 11.6 Å². The van der Waals surface area contributed by atoms with Crippen LogP contribution in [-0.2, 0) is 0 Å². The lowest BCUT2D eigenvalue weighted by Crippen LogP contribution is -1.93. The zero-order chi connectivity index (χ0) is 9.14. The zero-order valence-electron chi connectivity index (χ0n) is 7.27. The normalized spacial score (nSPS) is 13.0. The van der Waals surface area contributed by atoms with Crippen LogP contribution in [-0.4, -0.2) is 0 Å². The van der Waals surface area contributed by atoms with Crippen molar-refractivity contribution in [2.45, 2.75) is 26.2 Å². The van der Waals surface area contributed by atoms with Gasteiger partial charge in [0.2, 0.25) is 0 Å². The molecule has 0 heterocycles. The van der Waals surface area contributed by atoms with Crippen molar-refractivity contribution >= 4 is 0 Å². The molecule has 1 aromatic carbocycles. The lowest BCUT2D eigenvalue weighted by molar-refractivity contribution is 0.505. The molecule has 0 aromatic heterocycles. The van der Waals surface area contributed by atoms with E-state index in [4.69, 9.17) is 0 Å². The van der Waals surface area contributed by atoms with E-state index < -0.39 is 11.6 Å². The second-order valence-electron chi connectivity index (χ2n) is 2.98. The first kappa shape index (κ1) is 9.17. The molecule has 0 fully saturated rings. The van der Waals surface area contributed by atoms with Gasteiger partial charge in [-0.1, -0.05) is 19.9 Å². The maximum Gasteiger partial charge on any atom is 0.159 e. The summed E-state index contributed by atoms with van der Waals surface area (Å²) in [6.45, 7) is 4.01. The minimum atomic E-state index is -0.776. The molecule has 0 spiro atoms. The molecule has 0 N–H and O–H groups in total. The summed E-state index contributed by atoms with van der Waals surface area (Å²) in [4.78, 5) is 0. The van der Waals surface area contributed by atoms with E-state index in [1.165, 1.54) is 12.1 Å². The van der Waals surface area contributed by atoms with Crippen LogP contribution in [0.3, 0.4) is 0 Å². The summed E-state index contributed by atoms with van der Waals surface area (Å²) in [5, 5.41) is 0. The summed E-state index contributed by atoms with van der Waals surface area (Å²) < 4.78 is 25.2. The van der Waals surface area contributed by atoms with Gasteiger partial charge < -0.3 is 0 Å². The molecular formula is C10H12F2. The van der Waals surface area contributed by atoms with E-state index in [0.717, 1.165) is 12.0 Å². The highest BCUT2D eigenvalue weighted by Gasteiger charge is 2.06. The second kappa shape index (κ2) is 3.65. The molecule has 0 bridgehead atoms. The molecule has 1 unspecified atom stereocenters. The third-order valence-corrected chi connectivity index (χ3v) is 2.13. The molecule has 0 aliphatic carbocycles. The molecule has 1 aromatic rings. The van der Waals surface area contributed by atoms with Crippen molar-refractivity contribution in [1.29, 1.82) is 0 Å². The average molecular weight is 170 g/mol. The van der Waals surface area contributed by atoms with Gasteiger partial charge in [0, 0.05) is 0 Å². The van der Waals surface area contributed by atoms with Crippen molar-refractivity contribution in [1.82, 2.24) is 0 Å². The minimum Gasteiger partial charge on any atom is -0.204 e. The minimum absolute atomic E-state index is 0.292. The SMILES string of the molecule is CCC(C)c1ccc(F)c(F)c1. The second-order valence-corrected chi connectivity index (χ2v) is 2.98. The molecule has 0 nitrogen and oxygen atoms in total. The molecule has 0 amide bonds. The van der Waals surface area contributed by atoms with Crippen LogP contribution in [0.25, 0.3) is 0 Å². The maximum absolute atomic E-state index is 12.7. The molecule has 1 rings (SSSR count). The van der Waals surface area contributed by atoms with Crippen molar-refractivity contribution in [3.05, 3.63) is 35.4 Å². The fraction of sp³-hybridized carbons (Fsp3) is 0.400. The first-order chi connectivity index (χ1) is 5.65.